The van der Waals surface area contributed by atoms with E-state index in [9.17, 15) is 0 Å². The van der Waals surface area contributed by atoms with Crippen LogP contribution in [-0.2, 0) is 4.74 Å². The molecule has 0 aromatic heterocycles. The van der Waals surface area contributed by atoms with Crippen molar-refractivity contribution >= 4 is 0 Å². The van der Waals surface area contributed by atoms with Crippen LogP contribution < -0.4 is 0 Å². The van der Waals surface area contributed by atoms with E-state index in [1.165, 1.54) is 38.5 Å². The zero-order valence-corrected chi connectivity index (χ0v) is 13.5. The van der Waals surface area contributed by atoms with Gasteiger partial charge < -0.3 is 4.74 Å². The first-order chi connectivity index (χ1) is 9.13. The van der Waals surface area contributed by atoms with E-state index in [1.54, 1.807) is 0 Å². The average Bonchev–Trinajstić information content (AvgIpc) is 2.42. The monoisotopic (exact) mass is 266 g/mol. The minimum atomic E-state index is 0.536. The average molecular weight is 266 g/mol. The van der Waals surface area contributed by atoms with Gasteiger partial charge in [-0.25, -0.2) is 0 Å². The van der Waals surface area contributed by atoms with Gasteiger partial charge in [0.25, 0.3) is 0 Å². The summed E-state index contributed by atoms with van der Waals surface area (Å²) in [6, 6.07) is 0. The molecule has 1 heteroatoms. The highest BCUT2D eigenvalue weighted by molar-refractivity contribution is 4.88. The molecule has 0 aromatic carbocycles. The molecule has 112 valence electrons. The molecule has 4 unspecified atom stereocenters. The predicted octanol–water partition coefficient (Wildman–Crippen LogP) is 5.29. The summed E-state index contributed by atoms with van der Waals surface area (Å²) in [5.41, 5.74) is 0. The molecule has 2 rings (SSSR count). The Labute approximate surface area is 120 Å². The zero-order chi connectivity index (χ0) is 13.8. The predicted molar refractivity (Wildman–Crippen MR) is 82.2 cm³/mol. The minimum absolute atomic E-state index is 0.536. The highest BCUT2D eigenvalue weighted by Crippen LogP contribution is 2.45. The third kappa shape index (κ3) is 3.74. The Kier molecular flexibility index (Phi) is 5.74. The molecule has 0 heterocycles. The smallest absolute Gasteiger partial charge is 0.0603 e. The fourth-order valence-electron chi connectivity index (χ4n) is 4.49. The lowest BCUT2D eigenvalue weighted by Gasteiger charge is -2.44. The molecule has 4 atom stereocenters. The summed E-state index contributed by atoms with van der Waals surface area (Å²) in [6.07, 6.45) is 10.3. The molecule has 19 heavy (non-hydrogen) atoms. The SMILES string of the molecule is CCCOC1CCC(C2CCC(C)CC2)C(C)C1C. The van der Waals surface area contributed by atoms with Gasteiger partial charge in [-0.2, -0.15) is 0 Å². The highest BCUT2D eigenvalue weighted by Gasteiger charge is 2.38. The van der Waals surface area contributed by atoms with Crippen LogP contribution in [0.15, 0.2) is 0 Å². The Morgan fingerprint density at radius 2 is 1.53 bits per heavy atom. The molecule has 0 radical (unpaired) electrons. The van der Waals surface area contributed by atoms with Crippen LogP contribution in [0.1, 0.15) is 72.6 Å². The molecule has 2 saturated carbocycles. The van der Waals surface area contributed by atoms with E-state index in [2.05, 4.69) is 27.7 Å². The Balaban J connectivity index is 1.87. The van der Waals surface area contributed by atoms with Crippen LogP contribution in [0.3, 0.4) is 0 Å². The maximum atomic E-state index is 6.07. The summed E-state index contributed by atoms with van der Waals surface area (Å²) >= 11 is 0. The van der Waals surface area contributed by atoms with Gasteiger partial charge in [0.1, 0.15) is 0 Å². The molecule has 0 N–H and O–H groups in total. The molecule has 0 aliphatic heterocycles. The van der Waals surface area contributed by atoms with Crippen LogP contribution in [0.5, 0.6) is 0 Å². The Morgan fingerprint density at radius 1 is 0.842 bits per heavy atom. The van der Waals surface area contributed by atoms with Crippen molar-refractivity contribution < 1.29 is 4.74 Å². The van der Waals surface area contributed by atoms with Gasteiger partial charge in [-0.3, -0.25) is 0 Å². The molecule has 0 amide bonds. The standard InChI is InChI=1S/C18H34O/c1-5-12-19-18-11-10-17(14(3)15(18)4)16-8-6-13(2)7-9-16/h13-18H,5-12H2,1-4H3. The molecule has 2 aliphatic carbocycles. The van der Waals surface area contributed by atoms with E-state index < -0.39 is 0 Å². The third-order valence-corrected chi connectivity index (χ3v) is 6.08. The lowest BCUT2D eigenvalue weighted by atomic mass is 9.63. The maximum absolute atomic E-state index is 6.07. The number of ether oxygens (including phenoxy) is 1. The van der Waals surface area contributed by atoms with Crippen LogP contribution in [0.4, 0.5) is 0 Å². The summed E-state index contributed by atoms with van der Waals surface area (Å²) in [7, 11) is 0. The van der Waals surface area contributed by atoms with Crippen molar-refractivity contribution in [2.75, 3.05) is 6.61 Å². The van der Waals surface area contributed by atoms with Gasteiger partial charge in [-0.05, 0) is 61.7 Å². The summed E-state index contributed by atoms with van der Waals surface area (Å²) in [5, 5.41) is 0. The lowest BCUT2D eigenvalue weighted by molar-refractivity contribution is -0.0548. The fourth-order valence-corrected chi connectivity index (χ4v) is 4.49. The Bertz CT molecular complexity index is 254. The van der Waals surface area contributed by atoms with Crippen molar-refractivity contribution in [3.05, 3.63) is 0 Å². The van der Waals surface area contributed by atoms with E-state index >= 15 is 0 Å². The minimum Gasteiger partial charge on any atom is -0.378 e. The quantitative estimate of drug-likeness (QED) is 0.672. The summed E-state index contributed by atoms with van der Waals surface area (Å²) < 4.78 is 6.07. The first kappa shape index (κ1) is 15.4. The second-order valence-corrected chi connectivity index (χ2v) is 7.39. The Morgan fingerprint density at radius 3 is 2.16 bits per heavy atom. The maximum Gasteiger partial charge on any atom is 0.0603 e. The molecule has 2 aliphatic rings. The van der Waals surface area contributed by atoms with E-state index in [1.807, 2.05) is 0 Å². The summed E-state index contributed by atoms with van der Waals surface area (Å²) in [5.74, 6) is 4.58. The fraction of sp³-hybridized carbons (Fsp3) is 1.00. The van der Waals surface area contributed by atoms with Gasteiger partial charge in [-0.15, -0.1) is 0 Å². The third-order valence-electron chi connectivity index (χ3n) is 6.08. The number of hydrogen-bond donors (Lipinski definition) is 0. The van der Waals surface area contributed by atoms with Crippen molar-refractivity contribution in [2.24, 2.45) is 29.6 Å². The first-order valence-corrected chi connectivity index (χ1v) is 8.75. The van der Waals surface area contributed by atoms with Gasteiger partial charge in [0.2, 0.25) is 0 Å². The van der Waals surface area contributed by atoms with Gasteiger partial charge >= 0.3 is 0 Å². The van der Waals surface area contributed by atoms with Crippen LogP contribution in [0.2, 0.25) is 0 Å². The summed E-state index contributed by atoms with van der Waals surface area (Å²) in [6.45, 7) is 10.5. The zero-order valence-electron chi connectivity index (χ0n) is 13.5. The van der Waals surface area contributed by atoms with Gasteiger partial charge in [-0.1, -0.05) is 40.5 Å². The normalized spacial score (nSPS) is 44.2. The molecule has 0 saturated heterocycles. The van der Waals surface area contributed by atoms with Crippen molar-refractivity contribution in [3.8, 4) is 0 Å². The highest BCUT2D eigenvalue weighted by atomic mass is 16.5. The Hall–Kier alpha value is -0.0400. The number of rotatable bonds is 4. The first-order valence-electron chi connectivity index (χ1n) is 8.75. The second kappa shape index (κ2) is 7.11. The van der Waals surface area contributed by atoms with Gasteiger partial charge in [0.15, 0.2) is 0 Å². The van der Waals surface area contributed by atoms with Gasteiger partial charge in [0.05, 0.1) is 6.10 Å². The van der Waals surface area contributed by atoms with Crippen LogP contribution in [-0.4, -0.2) is 12.7 Å². The molecular formula is C18H34O. The van der Waals surface area contributed by atoms with Crippen molar-refractivity contribution in [2.45, 2.75) is 78.7 Å². The summed E-state index contributed by atoms with van der Waals surface area (Å²) in [4.78, 5) is 0. The topological polar surface area (TPSA) is 9.23 Å². The second-order valence-electron chi connectivity index (χ2n) is 7.39. The largest absolute Gasteiger partial charge is 0.378 e. The van der Waals surface area contributed by atoms with E-state index in [0.717, 1.165) is 42.6 Å². The molecule has 1 nitrogen and oxygen atoms in total. The molecular weight excluding hydrogens is 232 g/mol. The molecule has 2 fully saturated rings. The van der Waals surface area contributed by atoms with Crippen LogP contribution in [0, 0.1) is 29.6 Å². The van der Waals surface area contributed by atoms with E-state index in [0.29, 0.717) is 6.10 Å². The van der Waals surface area contributed by atoms with Crippen molar-refractivity contribution in [1.29, 1.82) is 0 Å². The molecule has 0 aromatic rings. The van der Waals surface area contributed by atoms with Crippen LogP contribution >= 0.6 is 0 Å². The number of hydrogen-bond acceptors (Lipinski definition) is 1. The van der Waals surface area contributed by atoms with Gasteiger partial charge in [0, 0.05) is 6.61 Å². The van der Waals surface area contributed by atoms with Crippen molar-refractivity contribution in [3.63, 3.8) is 0 Å². The molecule has 0 bridgehead atoms. The molecule has 0 spiro atoms. The van der Waals surface area contributed by atoms with Crippen molar-refractivity contribution in [1.82, 2.24) is 0 Å². The van der Waals surface area contributed by atoms with Crippen LogP contribution in [0.25, 0.3) is 0 Å². The van der Waals surface area contributed by atoms with E-state index in [-0.39, 0.29) is 0 Å². The van der Waals surface area contributed by atoms with E-state index in [4.69, 9.17) is 4.74 Å². The lowest BCUT2D eigenvalue weighted by Crippen LogP contribution is -2.40.